The topological polar surface area (TPSA) is 69.6 Å². The number of carboxylic acid groups (broad SMARTS) is 1. The van der Waals surface area contributed by atoms with Gasteiger partial charge in [-0.1, -0.05) is 12.2 Å². The fraction of sp³-hybridized carbons (Fsp3) is 0.667. The predicted octanol–water partition coefficient (Wildman–Crippen LogP) is 0.865. The quantitative estimate of drug-likeness (QED) is 0.465. The van der Waals surface area contributed by atoms with E-state index in [2.05, 4.69) is 11.9 Å². The van der Waals surface area contributed by atoms with E-state index in [-0.39, 0.29) is 18.9 Å². The first-order valence-corrected chi connectivity index (χ1v) is 5.82. The summed E-state index contributed by atoms with van der Waals surface area (Å²) in [5.74, 6) is -0.790. The molecule has 0 saturated carbocycles. The van der Waals surface area contributed by atoms with Crippen molar-refractivity contribution >= 4 is 11.9 Å². The second kappa shape index (κ2) is 8.75. The maximum Gasteiger partial charge on any atom is 0.303 e. The average Bonchev–Trinajstić information content (AvgIpc) is 2.24. The minimum absolute atomic E-state index is 0.0193. The Labute approximate surface area is 102 Å². The highest BCUT2D eigenvalue weighted by molar-refractivity contribution is 5.78. The number of amides is 1. The molecule has 5 heteroatoms. The molecular formula is C12H22N2O3. The highest BCUT2D eigenvalue weighted by Crippen LogP contribution is 1.96. The number of nitrogens with one attached hydrogen (secondary N) is 1. The average molecular weight is 242 g/mol. The highest BCUT2D eigenvalue weighted by atomic mass is 16.4. The molecule has 0 radical (unpaired) electrons. The molecule has 0 aliphatic carbocycles. The van der Waals surface area contributed by atoms with Crippen molar-refractivity contribution in [1.29, 1.82) is 0 Å². The number of aliphatic carboxylic acids is 1. The second-order valence-electron chi connectivity index (χ2n) is 4.04. The number of likely N-dealkylation sites (N-methyl/N-ethyl adjacent to an activating group) is 1. The molecule has 5 nitrogen and oxygen atoms in total. The van der Waals surface area contributed by atoms with E-state index in [1.807, 2.05) is 13.8 Å². The standard InChI is InChI=1S/C12H22N2O3/c1-4-14(9-10(2)3)11(15)8-13-7-5-6-12(16)17/h13H,2,4-9H2,1,3H3,(H,16,17). The van der Waals surface area contributed by atoms with E-state index in [4.69, 9.17) is 5.11 Å². The summed E-state index contributed by atoms with van der Waals surface area (Å²) >= 11 is 0. The van der Waals surface area contributed by atoms with Gasteiger partial charge in [-0.3, -0.25) is 9.59 Å². The van der Waals surface area contributed by atoms with Crippen LogP contribution < -0.4 is 5.32 Å². The summed E-state index contributed by atoms with van der Waals surface area (Å²) in [6.07, 6.45) is 0.666. The molecule has 0 aromatic rings. The van der Waals surface area contributed by atoms with Crippen LogP contribution in [-0.2, 0) is 9.59 Å². The molecule has 1 amide bonds. The van der Waals surface area contributed by atoms with E-state index in [1.54, 1.807) is 4.90 Å². The van der Waals surface area contributed by atoms with E-state index in [1.165, 1.54) is 0 Å². The first-order chi connectivity index (χ1) is 7.97. The molecule has 0 heterocycles. The molecule has 0 rings (SSSR count). The molecule has 0 saturated heterocycles. The van der Waals surface area contributed by atoms with Gasteiger partial charge in [-0.25, -0.2) is 0 Å². The maximum absolute atomic E-state index is 11.7. The van der Waals surface area contributed by atoms with Crippen LogP contribution in [-0.4, -0.2) is 48.1 Å². The van der Waals surface area contributed by atoms with Crippen LogP contribution in [0.25, 0.3) is 0 Å². The smallest absolute Gasteiger partial charge is 0.303 e. The normalized spacial score (nSPS) is 10.0. The summed E-state index contributed by atoms with van der Waals surface area (Å²) in [6, 6.07) is 0. The third-order valence-corrected chi connectivity index (χ3v) is 2.22. The molecule has 0 bridgehead atoms. The molecule has 0 fully saturated rings. The molecule has 0 aliphatic heterocycles. The van der Waals surface area contributed by atoms with Gasteiger partial charge < -0.3 is 15.3 Å². The van der Waals surface area contributed by atoms with Gasteiger partial charge in [0, 0.05) is 19.5 Å². The Morgan fingerprint density at radius 1 is 1.41 bits per heavy atom. The van der Waals surface area contributed by atoms with Crippen molar-refractivity contribution in [2.24, 2.45) is 0 Å². The fourth-order valence-corrected chi connectivity index (χ4v) is 1.37. The Bertz CT molecular complexity index is 277. The second-order valence-corrected chi connectivity index (χ2v) is 4.04. The Hall–Kier alpha value is -1.36. The van der Waals surface area contributed by atoms with Crippen molar-refractivity contribution in [3.8, 4) is 0 Å². The monoisotopic (exact) mass is 242 g/mol. The van der Waals surface area contributed by atoms with Crippen LogP contribution in [0.1, 0.15) is 26.7 Å². The third kappa shape index (κ3) is 8.45. The van der Waals surface area contributed by atoms with Gasteiger partial charge in [0.05, 0.1) is 6.54 Å². The molecule has 2 N–H and O–H groups in total. The van der Waals surface area contributed by atoms with Crippen molar-refractivity contribution < 1.29 is 14.7 Å². The first kappa shape index (κ1) is 15.6. The molecule has 0 unspecified atom stereocenters. The van der Waals surface area contributed by atoms with Crippen LogP contribution in [0.5, 0.6) is 0 Å². The van der Waals surface area contributed by atoms with Crippen LogP contribution in [0.3, 0.4) is 0 Å². The van der Waals surface area contributed by atoms with Gasteiger partial charge in [0.1, 0.15) is 0 Å². The van der Waals surface area contributed by atoms with Gasteiger partial charge >= 0.3 is 5.97 Å². The molecule has 0 atom stereocenters. The number of hydrogen-bond donors (Lipinski definition) is 2. The van der Waals surface area contributed by atoms with Gasteiger partial charge in [-0.05, 0) is 26.8 Å². The lowest BCUT2D eigenvalue weighted by atomic mass is 10.3. The van der Waals surface area contributed by atoms with Gasteiger partial charge in [0.2, 0.25) is 5.91 Å². The molecule has 0 aromatic heterocycles. The van der Waals surface area contributed by atoms with Gasteiger partial charge in [0.15, 0.2) is 0 Å². The highest BCUT2D eigenvalue weighted by Gasteiger charge is 2.10. The van der Waals surface area contributed by atoms with Crippen molar-refractivity contribution in [3.63, 3.8) is 0 Å². The molecule has 98 valence electrons. The van der Waals surface area contributed by atoms with Crippen molar-refractivity contribution in [2.75, 3.05) is 26.2 Å². The Kier molecular flexibility index (Phi) is 8.05. The van der Waals surface area contributed by atoms with Gasteiger partial charge in [-0.2, -0.15) is 0 Å². The van der Waals surface area contributed by atoms with Crippen LogP contribution in [0.15, 0.2) is 12.2 Å². The van der Waals surface area contributed by atoms with Gasteiger partial charge in [0.25, 0.3) is 0 Å². The lowest BCUT2D eigenvalue weighted by Gasteiger charge is -2.21. The molecule has 0 aliphatic rings. The lowest BCUT2D eigenvalue weighted by Crippen LogP contribution is -2.39. The number of rotatable bonds is 9. The lowest BCUT2D eigenvalue weighted by molar-refractivity contribution is -0.137. The number of hydrogen-bond acceptors (Lipinski definition) is 3. The van der Waals surface area contributed by atoms with E-state index in [0.29, 0.717) is 26.1 Å². The van der Waals surface area contributed by atoms with E-state index in [0.717, 1.165) is 5.57 Å². The molecule has 0 aromatic carbocycles. The summed E-state index contributed by atoms with van der Waals surface area (Å²) < 4.78 is 0. The third-order valence-electron chi connectivity index (χ3n) is 2.22. The summed E-state index contributed by atoms with van der Waals surface area (Å²) in [7, 11) is 0. The van der Waals surface area contributed by atoms with Crippen LogP contribution in [0.2, 0.25) is 0 Å². The summed E-state index contributed by atoms with van der Waals surface area (Å²) in [5.41, 5.74) is 0.950. The van der Waals surface area contributed by atoms with E-state index in [9.17, 15) is 9.59 Å². The maximum atomic E-state index is 11.7. The summed E-state index contributed by atoms with van der Waals surface area (Å²) in [6.45, 7) is 9.61. The van der Waals surface area contributed by atoms with Gasteiger partial charge in [-0.15, -0.1) is 0 Å². The zero-order valence-corrected chi connectivity index (χ0v) is 10.7. The van der Waals surface area contributed by atoms with Crippen molar-refractivity contribution in [2.45, 2.75) is 26.7 Å². The van der Waals surface area contributed by atoms with E-state index < -0.39 is 5.97 Å². The zero-order chi connectivity index (χ0) is 13.3. The van der Waals surface area contributed by atoms with E-state index >= 15 is 0 Å². The number of nitrogens with zero attached hydrogens (tertiary/aromatic N) is 1. The van der Waals surface area contributed by atoms with Crippen LogP contribution in [0.4, 0.5) is 0 Å². The van der Waals surface area contributed by atoms with Crippen LogP contribution >= 0.6 is 0 Å². The summed E-state index contributed by atoms with van der Waals surface area (Å²) in [4.78, 5) is 23.7. The Morgan fingerprint density at radius 2 is 2.06 bits per heavy atom. The molecule has 17 heavy (non-hydrogen) atoms. The van der Waals surface area contributed by atoms with Crippen molar-refractivity contribution in [3.05, 3.63) is 12.2 Å². The molecular weight excluding hydrogens is 220 g/mol. The first-order valence-electron chi connectivity index (χ1n) is 5.82. The SMILES string of the molecule is C=C(C)CN(CC)C(=O)CNCCCC(=O)O. The predicted molar refractivity (Wildman–Crippen MR) is 66.8 cm³/mol. The largest absolute Gasteiger partial charge is 0.481 e. The minimum atomic E-state index is -0.810. The zero-order valence-electron chi connectivity index (χ0n) is 10.7. The Morgan fingerprint density at radius 3 is 2.53 bits per heavy atom. The molecule has 0 spiro atoms. The van der Waals surface area contributed by atoms with Crippen LogP contribution in [0, 0.1) is 0 Å². The van der Waals surface area contributed by atoms with Crippen molar-refractivity contribution in [1.82, 2.24) is 10.2 Å². The number of carbonyl (C=O) groups excluding carboxylic acids is 1. The Balaban J connectivity index is 3.75. The fourth-order valence-electron chi connectivity index (χ4n) is 1.37. The number of carboxylic acids is 1. The minimum Gasteiger partial charge on any atom is -0.481 e. The summed E-state index contributed by atoms with van der Waals surface area (Å²) in [5, 5.41) is 11.4. The number of carbonyl (C=O) groups is 2.